The van der Waals surface area contributed by atoms with Crippen LogP contribution in [0.2, 0.25) is 0 Å². The number of halogens is 2. The molecule has 0 atom stereocenters. The maximum atomic E-state index is 15.2. The average molecular weight is 555 g/mol. The number of para-hydroxylation sites is 1. The van der Waals surface area contributed by atoms with E-state index in [1.807, 2.05) is 52.1 Å². The van der Waals surface area contributed by atoms with Crippen LogP contribution in [0.1, 0.15) is 56.0 Å². The van der Waals surface area contributed by atoms with Crippen LogP contribution in [0.5, 0.6) is 5.88 Å². The molecule has 0 saturated carbocycles. The zero-order valence-corrected chi connectivity index (χ0v) is 23.5. The fourth-order valence-corrected chi connectivity index (χ4v) is 5.06. The van der Waals surface area contributed by atoms with E-state index in [9.17, 15) is 14.3 Å². The van der Waals surface area contributed by atoms with Crippen molar-refractivity contribution in [2.45, 2.75) is 53.0 Å². The Bertz CT molecular complexity index is 1750. The highest BCUT2D eigenvalue weighted by atomic mass is 19.1. The second kappa shape index (κ2) is 11.5. The van der Waals surface area contributed by atoms with E-state index < -0.39 is 23.1 Å². The van der Waals surface area contributed by atoms with Gasteiger partial charge < -0.3 is 5.11 Å². The van der Waals surface area contributed by atoms with Crippen molar-refractivity contribution in [3.63, 3.8) is 0 Å². The van der Waals surface area contributed by atoms with Crippen molar-refractivity contribution in [3.8, 4) is 34.2 Å². The predicted molar refractivity (Wildman–Crippen MR) is 156 cm³/mol. The number of nitrogens with zero attached hydrogens (tertiary/aromatic N) is 4. The number of rotatable bonds is 8. The summed E-state index contributed by atoms with van der Waals surface area (Å²) in [5.41, 5.74) is 4.07. The van der Waals surface area contributed by atoms with Crippen LogP contribution in [0.3, 0.4) is 0 Å². The fourth-order valence-electron chi connectivity index (χ4n) is 5.06. The van der Waals surface area contributed by atoms with Crippen molar-refractivity contribution >= 4 is 0 Å². The quantitative estimate of drug-likeness (QED) is 0.223. The van der Waals surface area contributed by atoms with Gasteiger partial charge in [-0.2, -0.15) is 10.1 Å². The van der Waals surface area contributed by atoms with Crippen molar-refractivity contribution in [1.29, 1.82) is 0 Å². The van der Waals surface area contributed by atoms with Gasteiger partial charge in [-0.25, -0.2) is 8.78 Å². The summed E-state index contributed by atoms with van der Waals surface area (Å²) in [6, 6.07) is 18.0. The molecular formula is C33H32F2N4O2. The highest BCUT2D eigenvalue weighted by molar-refractivity contribution is 5.65. The van der Waals surface area contributed by atoms with E-state index >= 15 is 4.39 Å². The van der Waals surface area contributed by atoms with Crippen LogP contribution in [0.4, 0.5) is 8.78 Å². The lowest BCUT2D eigenvalue weighted by molar-refractivity contribution is 0.443. The highest BCUT2D eigenvalue weighted by Gasteiger charge is 2.24. The summed E-state index contributed by atoms with van der Waals surface area (Å²) in [5, 5.41) is 15.7. The zero-order chi connectivity index (χ0) is 29.3. The molecule has 0 saturated heterocycles. The first-order valence-electron chi connectivity index (χ1n) is 13.8. The summed E-state index contributed by atoms with van der Waals surface area (Å²) < 4.78 is 31.8. The predicted octanol–water partition coefficient (Wildman–Crippen LogP) is 7.04. The Morgan fingerprint density at radius 3 is 2.20 bits per heavy atom. The van der Waals surface area contributed by atoms with E-state index in [0.29, 0.717) is 35.2 Å². The Labute approximate surface area is 237 Å². The third-order valence-corrected chi connectivity index (χ3v) is 7.28. The van der Waals surface area contributed by atoms with Gasteiger partial charge in [0.05, 0.1) is 11.3 Å². The average Bonchev–Trinajstić information content (AvgIpc) is 3.46. The van der Waals surface area contributed by atoms with Gasteiger partial charge in [-0.05, 0) is 73.2 Å². The lowest BCUT2D eigenvalue weighted by atomic mass is 9.99. The van der Waals surface area contributed by atoms with Gasteiger partial charge in [0.15, 0.2) is 5.82 Å². The van der Waals surface area contributed by atoms with Gasteiger partial charge in [0.25, 0.3) is 5.56 Å². The summed E-state index contributed by atoms with van der Waals surface area (Å²) in [6.07, 6.45) is 3.15. The molecule has 210 valence electrons. The monoisotopic (exact) mass is 554 g/mol. The molecule has 0 fully saturated rings. The molecule has 2 aromatic heterocycles. The van der Waals surface area contributed by atoms with Gasteiger partial charge in [-0.3, -0.25) is 14.0 Å². The number of hydrogen-bond acceptors (Lipinski definition) is 4. The van der Waals surface area contributed by atoms with Gasteiger partial charge in [-0.1, -0.05) is 56.3 Å². The first-order valence-corrected chi connectivity index (χ1v) is 13.8. The first-order chi connectivity index (χ1) is 19.7. The van der Waals surface area contributed by atoms with E-state index in [1.165, 1.54) is 30.3 Å². The summed E-state index contributed by atoms with van der Waals surface area (Å²) in [6.45, 7) is 8.05. The lowest BCUT2D eigenvalue weighted by Crippen LogP contribution is -2.27. The number of aryl methyl sites for hydroxylation is 2. The number of benzene rings is 3. The minimum Gasteiger partial charge on any atom is -0.493 e. The van der Waals surface area contributed by atoms with E-state index in [0.717, 1.165) is 16.8 Å². The maximum Gasteiger partial charge on any atom is 0.265 e. The summed E-state index contributed by atoms with van der Waals surface area (Å²) >= 11 is 0. The zero-order valence-electron chi connectivity index (χ0n) is 23.5. The minimum absolute atomic E-state index is 0.0330. The Kier molecular flexibility index (Phi) is 7.83. The number of aromatic nitrogens is 4. The molecule has 0 bridgehead atoms. The van der Waals surface area contributed by atoms with E-state index in [1.54, 1.807) is 27.4 Å². The van der Waals surface area contributed by atoms with Crippen LogP contribution >= 0.6 is 0 Å². The van der Waals surface area contributed by atoms with Gasteiger partial charge in [0.2, 0.25) is 5.88 Å². The highest BCUT2D eigenvalue weighted by Crippen LogP contribution is 2.30. The van der Waals surface area contributed by atoms with Crippen LogP contribution in [-0.4, -0.2) is 24.4 Å². The minimum atomic E-state index is -0.512. The summed E-state index contributed by atoms with van der Waals surface area (Å²) in [7, 11) is 0. The smallest absolute Gasteiger partial charge is 0.265 e. The molecule has 41 heavy (non-hydrogen) atoms. The Hall–Kier alpha value is -4.59. The largest absolute Gasteiger partial charge is 0.493 e. The van der Waals surface area contributed by atoms with Crippen LogP contribution in [0.15, 0.2) is 77.7 Å². The second-order valence-corrected chi connectivity index (χ2v) is 10.3. The van der Waals surface area contributed by atoms with Crippen LogP contribution in [0.25, 0.3) is 28.3 Å². The Balaban J connectivity index is 1.67. The molecular weight excluding hydrogens is 522 g/mol. The fraction of sp³-hybridized carbons (Fsp3) is 0.242. The number of hydrogen-bond donors (Lipinski definition) is 1. The van der Waals surface area contributed by atoms with Gasteiger partial charge in [0, 0.05) is 24.2 Å². The van der Waals surface area contributed by atoms with Crippen LogP contribution < -0.4 is 5.56 Å². The molecule has 0 unspecified atom stereocenters. The molecule has 0 radical (unpaired) electrons. The van der Waals surface area contributed by atoms with Crippen molar-refractivity contribution in [1.82, 2.24) is 19.3 Å². The van der Waals surface area contributed by atoms with Crippen molar-refractivity contribution in [3.05, 3.63) is 117 Å². The Morgan fingerprint density at radius 1 is 0.927 bits per heavy atom. The molecule has 5 aromatic rings. The molecule has 2 heterocycles. The van der Waals surface area contributed by atoms with E-state index in [-0.39, 0.29) is 23.9 Å². The Morgan fingerprint density at radius 2 is 1.61 bits per heavy atom. The van der Waals surface area contributed by atoms with E-state index in [2.05, 4.69) is 10.1 Å². The molecule has 3 aromatic carbocycles. The van der Waals surface area contributed by atoms with Gasteiger partial charge in [0.1, 0.15) is 17.3 Å². The first kappa shape index (κ1) is 28.0. The SMILES string of the molecule is CCc1cccc(CC)c1-n1c(-c2ccn(C(C)C)n2)nc(O)c(Cc2ccc(-c3ccc(F)cc3)c(F)c2)c1=O. The van der Waals surface area contributed by atoms with Crippen LogP contribution in [-0.2, 0) is 19.3 Å². The standard InChI is InChI=1S/C33H32F2N4O2/c1-5-22-8-7-9-23(6-2)30(22)39-31(29-16-17-38(37-29)20(3)4)36-32(40)27(33(39)41)18-21-10-15-26(28(35)19-21)24-11-13-25(34)14-12-24/h7-17,19-20,40H,5-6,18H2,1-4H3. The van der Waals surface area contributed by atoms with Crippen LogP contribution in [0, 0.1) is 11.6 Å². The molecule has 0 spiro atoms. The molecule has 6 nitrogen and oxygen atoms in total. The summed E-state index contributed by atoms with van der Waals surface area (Å²) in [5.74, 6) is -1.10. The molecule has 1 N–H and O–H groups in total. The van der Waals surface area contributed by atoms with Gasteiger partial charge in [-0.15, -0.1) is 0 Å². The molecule has 0 amide bonds. The van der Waals surface area contributed by atoms with Crippen molar-refractivity contribution < 1.29 is 13.9 Å². The maximum absolute atomic E-state index is 15.2. The van der Waals surface area contributed by atoms with Gasteiger partial charge >= 0.3 is 0 Å². The summed E-state index contributed by atoms with van der Waals surface area (Å²) in [4.78, 5) is 18.8. The normalized spacial score (nSPS) is 11.4. The molecule has 0 aliphatic rings. The molecule has 5 rings (SSSR count). The molecule has 8 heteroatoms. The van der Waals surface area contributed by atoms with Crippen molar-refractivity contribution in [2.24, 2.45) is 0 Å². The number of aromatic hydroxyl groups is 1. The molecule has 0 aliphatic carbocycles. The van der Waals surface area contributed by atoms with Crippen molar-refractivity contribution in [2.75, 3.05) is 0 Å². The van der Waals surface area contributed by atoms with E-state index in [4.69, 9.17) is 0 Å². The molecule has 0 aliphatic heterocycles. The third kappa shape index (κ3) is 5.42. The topological polar surface area (TPSA) is 72.9 Å². The second-order valence-electron chi connectivity index (χ2n) is 10.3. The lowest BCUT2D eigenvalue weighted by Gasteiger charge is -2.20. The third-order valence-electron chi connectivity index (χ3n) is 7.28.